The van der Waals surface area contributed by atoms with Gasteiger partial charge >= 0.3 is 0 Å². The van der Waals surface area contributed by atoms with Crippen LogP contribution in [0.15, 0.2) is 101 Å². The highest BCUT2D eigenvalue weighted by atomic mass is 16.5. The largest absolute Gasteiger partial charge is 0.496 e. The Hall–Kier alpha value is -4.36. The predicted molar refractivity (Wildman–Crippen MR) is 128 cm³/mol. The quantitative estimate of drug-likeness (QED) is 0.240. The highest BCUT2D eigenvalue weighted by Gasteiger charge is 2.22. The summed E-state index contributed by atoms with van der Waals surface area (Å²) in [5, 5.41) is 10.0. The first-order valence-corrected chi connectivity index (χ1v) is 10.3. The smallest absolute Gasteiger partial charge is 0.238 e. The van der Waals surface area contributed by atoms with Crippen LogP contribution in [0.4, 0.5) is 5.88 Å². The van der Waals surface area contributed by atoms with Crippen molar-refractivity contribution in [3.63, 3.8) is 0 Å². The molecule has 0 atom stereocenters. The van der Waals surface area contributed by atoms with Crippen molar-refractivity contribution in [1.29, 1.82) is 5.26 Å². The van der Waals surface area contributed by atoms with Gasteiger partial charge < -0.3 is 9.15 Å². The number of para-hydroxylation sites is 1. The second-order valence-electron chi connectivity index (χ2n) is 7.12. The number of furan rings is 1. The Balaban J connectivity index is 1.86. The lowest BCUT2D eigenvalue weighted by molar-refractivity contribution is 0.410. The third-order valence-corrected chi connectivity index (χ3v) is 5.12. The molecular formula is C28H22N2O2. The van der Waals surface area contributed by atoms with Crippen LogP contribution in [0, 0.1) is 11.3 Å². The van der Waals surface area contributed by atoms with Gasteiger partial charge in [-0.15, -0.1) is 6.58 Å². The maximum Gasteiger partial charge on any atom is 0.238 e. The van der Waals surface area contributed by atoms with Gasteiger partial charge in [-0.25, -0.2) is 4.99 Å². The van der Waals surface area contributed by atoms with E-state index in [-0.39, 0.29) is 5.88 Å². The monoisotopic (exact) mass is 418 g/mol. The molecule has 0 bridgehead atoms. The van der Waals surface area contributed by atoms with E-state index in [0.717, 1.165) is 33.6 Å². The van der Waals surface area contributed by atoms with E-state index in [4.69, 9.17) is 9.15 Å². The van der Waals surface area contributed by atoms with Crippen LogP contribution in [-0.4, -0.2) is 13.3 Å². The molecule has 0 fully saturated rings. The third kappa shape index (κ3) is 4.10. The van der Waals surface area contributed by atoms with E-state index in [9.17, 15) is 5.26 Å². The fourth-order valence-corrected chi connectivity index (χ4v) is 3.69. The van der Waals surface area contributed by atoms with Crippen LogP contribution in [0.3, 0.4) is 0 Å². The molecule has 4 rings (SSSR count). The minimum atomic E-state index is 0.265. The van der Waals surface area contributed by atoms with Gasteiger partial charge in [0.25, 0.3) is 0 Å². The first-order chi connectivity index (χ1) is 15.8. The zero-order valence-electron chi connectivity index (χ0n) is 17.8. The summed E-state index contributed by atoms with van der Waals surface area (Å²) in [4.78, 5) is 4.57. The van der Waals surface area contributed by atoms with E-state index in [2.05, 4.69) is 17.6 Å². The lowest BCUT2D eigenvalue weighted by Crippen LogP contribution is -1.96. The average molecular weight is 418 g/mol. The number of ether oxygens (including phenoxy) is 1. The average Bonchev–Trinajstić information content (AvgIpc) is 3.22. The van der Waals surface area contributed by atoms with Crippen LogP contribution in [0.1, 0.15) is 16.7 Å². The van der Waals surface area contributed by atoms with Gasteiger partial charge in [-0.2, -0.15) is 5.26 Å². The molecule has 0 aliphatic heterocycles. The molecule has 1 heterocycles. The van der Waals surface area contributed by atoms with E-state index < -0.39 is 0 Å². The summed E-state index contributed by atoms with van der Waals surface area (Å²) in [7, 11) is 1.63. The molecular weight excluding hydrogens is 396 g/mol. The number of methoxy groups -OCH3 is 1. The number of benzene rings is 3. The predicted octanol–water partition coefficient (Wildman–Crippen LogP) is 6.97. The van der Waals surface area contributed by atoms with E-state index in [1.54, 1.807) is 13.3 Å². The summed E-state index contributed by atoms with van der Waals surface area (Å²) >= 11 is 0. The molecule has 0 aliphatic carbocycles. The van der Waals surface area contributed by atoms with Gasteiger partial charge in [-0.1, -0.05) is 78.9 Å². The minimum Gasteiger partial charge on any atom is -0.496 e. The van der Waals surface area contributed by atoms with Crippen molar-refractivity contribution in [1.82, 2.24) is 0 Å². The minimum absolute atomic E-state index is 0.265. The van der Waals surface area contributed by atoms with Gasteiger partial charge in [0.05, 0.1) is 7.11 Å². The zero-order chi connectivity index (χ0) is 22.3. The van der Waals surface area contributed by atoms with Crippen molar-refractivity contribution in [2.45, 2.75) is 6.42 Å². The summed E-state index contributed by atoms with van der Waals surface area (Å²) in [5.74, 6) is 1.61. The molecule has 3 aromatic carbocycles. The Morgan fingerprint density at radius 1 is 0.969 bits per heavy atom. The second-order valence-corrected chi connectivity index (χ2v) is 7.12. The molecule has 4 aromatic rings. The molecule has 0 amide bonds. The number of hydrogen-bond acceptors (Lipinski definition) is 4. The Labute approximate surface area is 187 Å². The SMILES string of the molecule is C=CCc1cccc(C=Nc2oc(-c3ccccc3)c(-c3ccccc3)c2C#N)c1OC. The number of nitrogens with zero attached hydrogens (tertiary/aromatic N) is 2. The number of allylic oxidation sites excluding steroid dienone is 1. The van der Waals surface area contributed by atoms with E-state index in [0.29, 0.717) is 17.7 Å². The van der Waals surface area contributed by atoms with E-state index in [1.807, 2.05) is 84.9 Å². The van der Waals surface area contributed by atoms with Crippen molar-refractivity contribution in [2.24, 2.45) is 4.99 Å². The van der Waals surface area contributed by atoms with Crippen LogP contribution in [0.5, 0.6) is 5.75 Å². The number of rotatable bonds is 7. The van der Waals surface area contributed by atoms with Crippen molar-refractivity contribution in [2.75, 3.05) is 7.11 Å². The van der Waals surface area contributed by atoms with Crippen molar-refractivity contribution in [3.05, 3.63) is 108 Å². The summed E-state index contributed by atoms with van der Waals surface area (Å²) in [6.07, 6.45) is 4.19. The number of nitriles is 1. The molecule has 0 N–H and O–H groups in total. The summed E-state index contributed by atoms with van der Waals surface area (Å²) in [6.45, 7) is 3.81. The van der Waals surface area contributed by atoms with E-state index in [1.165, 1.54) is 0 Å². The molecule has 32 heavy (non-hydrogen) atoms. The highest BCUT2D eigenvalue weighted by Crippen LogP contribution is 2.42. The molecule has 4 heteroatoms. The fourth-order valence-electron chi connectivity index (χ4n) is 3.69. The van der Waals surface area contributed by atoms with Crippen LogP contribution < -0.4 is 4.74 Å². The van der Waals surface area contributed by atoms with Crippen molar-refractivity contribution in [3.8, 4) is 34.3 Å². The zero-order valence-corrected chi connectivity index (χ0v) is 17.8. The van der Waals surface area contributed by atoms with Gasteiger partial charge in [0.1, 0.15) is 23.1 Å². The normalized spacial score (nSPS) is 10.8. The summed E-state index contributed by atoms with van der Waals surface area (Å²) < 4.78 is 11.8. The van der Waals surface area contributed by atoms with Gasteiger partial charge in [0.15, 0.2) is 0 Å². The maximum absolute atomic E-state index is 10.0. The lowest BCUT2D eigenvalue weighted by atomic mass is 9.98. The van der Waals surface area contributed by atoms with Gasteiger partial charge in [-0.3, -0.25) is 0 Å². The van der Waals surface area contributed by atoms with Gasteiger partial charge in [-0.05, 0) is 23.6 Å². The standard InChI is InChI=1S/C28H22N2O2/c1-3-11-21-16-10-17-23(26(21)31-2)19-30-28-24(18-29)25(20-12-6-4-7-13-20)27(32-28)22-14-8-5-9-15-22/h3-10,12-17,19H,1,11H2,2H3. The number of aliphatic imine (C=N–C) groups is 1. The Kier molecular flexibility index (Phi) is 6.29. The second kappa shape index (κ2) is 9.63. The first kappa shape index (κ1) is 20.9. The molecule has 1 aromatic heterocycles. The maximum atomic E-state index is 10.0. The molecule has 0 spiro atoms. The van der Waals surface area contributed by atoms with Crippen LogP contribution in [-0.2, 0) is 6.42 Å². The van der Waals surface area contributed by atoms with Crippen LogP contribution >= 0.6 is 0 Å². The van der Waals surface area contributed by atoms with Crippen molar-refractivity contribution < 1.29 is 9.15 Å². The third-order valence-electron chi connectivity index (χ3n) is 5.12. The van der Waals surface area contributed by atoms with Crippen LogP contribution in [0.2, 0.25) is 0 Å². The van der Waals surface area contributed by atoms with Gasteiger partial charge in [0.2, 0.25) is 5.88 Å². The highest BCUT2D eigenvalue weighted by molar-refractivity contribution is 5.91. The molecule has 0 saturated heterocycles. The van der Waals surface area contributed by atoms with E-state index >= 15 is 0 Å². The molecule has 156 valence electrons. The van der Waals surface area contributed by atoms with Crippen LogP contribution in [0.25, 0.3) is 22.5 Å². The molecule has 0 aliphatic rings. The topological polar surface area (TPSA) is 58.5 Å². The first-order valence-electron chi connectivity index (χ1n) is 10.3. The Bertz CT molecular complexity index is 1300. The lowest BCUT2D eigenvalue weighted by Gasteiger charge is -2.09. The summed E-state index contributed by atoms with van der Waals surface area (Å²) in [6, 6.07) is 27.7. The fraction of sp³-hybridized carbons (Fsp3) is 0.0714. The van der Waals surface area contributed by atoms with Crippen molar-refractivity contribution >= 4 is 12.1 Å². The summed E-state index contributed by atoms with van der Waals surface area (Å²) in [5.41, 5.74) is 4.73. The molecule has 0 unspecified atom stereocenters. The molecule has 4 nitrogen and oxygen atoms in total. The van der Waals surface area contributed by atoms with Gasteiger partial charge in [0, 0.05) is 22.9 Å². The molecule has 0 saturated carbocycles. The molecule has 0 radical (unpaired) electrons. The Morgan fingerprint density at radius 2 is 1.66 bits per heavy atom. The Morgan fingerprint density at radius 3 is 2.28 bits per heavy atom. The number of hydrogen-bond donors (Lipinski definition) is 0.